The SMILES string of the molecule is C[C@H](NC(=S)NC1CCCC[C@@H]1/N=C/c1ncc[nH]1)c1cccc2ccccc12. The summed E-state index contributed by atoms with van der Waals surface area (Å²) in [6, 6.07) is 15.5. The lowest BCUT2D eigenvalue weighted by Gasteiger charge is -2.31. The largest absolute Gasteiger partial charge is 0.358 e. The Bertz CT molecular complexity index is 977. The summed E-state index contributed by atoms with van der Waals surface area (Å²) in [5, 5.41) is 10.2. The summed E-state index contributed by atoms with van der Waals surface area (Å²) in [5.74, 6) is 0.791. The van der Waals surface area contributed by atoms with Gasteiger partial charge in [0.25, 0.3) is 0 Å². The van der Waals surface area contributed by atoms with Gasteiger partial charge in [-0.25, -0.2) is 4.98 Å². The molecule has 4 rings (SSSR count). The van der Waals surface area contributed by atoms with Crippen LogP contribution in [0.2, 0.25) is 0 Å². The van der Waals surface area contributed by atoms with E-state index in [0.29, 0.717) is 5.11 Å². The van der Waals surface area contributed by atoms with Crippen molar-refractivity contribution in [3.05, 3.63) is 66.2 Å². The van der Waals surface area contributed by atoms with Crippen LogP contribution in [0.15, 0.2) is 59.9 Å². The molecule has 1 heterocycles. The molecule has 0 saturated heterocycles. The molecule has 1 aromatic heterocycles. The number of H-pyrrole nitrogens is 1. The number of benzene rings is 2. The van der Waals surface area contributed by atoms with Gasteiger partial charge in [0.1, 0.15) is 5.82 Å². The summed E-state index contributed by atoms with van der Waals surface area (Å²) in [4.78, 5) is 12.1. The predicted molar refractivity (Wildman–Crippen MR) is 123 cm³/mol. The highest BCUT2D eigenvalue weighted by Gasteiger charge is 2.25. The maximum atomic E-state index is 5.66. The lowest BCUT2D eigenvalue weighted by atomic mass is 9.91. The number of nitrogens with zero attached hydrogens (tertiary/aromatic N) is 2. The van der Waals surface area contributed by atoms with Crippen molar-refractivity contribution in [2.24, 2.45) is 4.99 Å². The number of imidazole rings is 1. The Morgan fingerprint density at radius 2 is 2.03 bits per heavy atom. The van der Waals surface area contributed by atoms with Crippen molar-refractivity contribution < 1.29 is 0 Å². The van der Waals surface area contributed by atoms with Gasteiger partial charge < -0.3 is 15.6 Å². The Kier molecular flexibility index (Phi) is 6.20. The van der Waals surface area contributed by atoms with Crippen LogP contribution in [-0.2, 0) is 0 Å². The summed E-state index contributed by atoms with van der Waals surface area (Å²) >= 11 is 5.66. The number of thiocarbonyl (C=S) groups is 1. The molecule has 0 amide bonds. The van der Waals surface area contributed by atoms with Crippen LogP contribution >= 0.6 is 12.2 Å². The Hall–Kier alpha value is -2.73. The van der Waals surface area contributed by atoms with Crippen LogP contribution in [-0.4, -0.2) is 33.4 Å². The first-order chi connectivity index (χ1) is 14.2. The third-order valence-corrected chi connectivity index (χ3v) is 5.83. The van der Waals surface area contributed by atoms with Gasteiger partial charge >= 0.3 is 0 Å². The zero-order valence-electron chi connectivity index (χ0n) is 16.6. The van der Waals surface area contributed by atoms with Crippen LogP contribution in [0.1, 0.15) is 50.0 Å². The van der Waals surface area contributed by atoms with Gasteiger partial charge in [0.15, 0.2) is 5.11 Å². The van der Waals surface area contributed by atoms with Gasteiger partial charge in [-0.15, -0.1) is 0 Å². The van der Waals surface area contributed by atoms with E-state index in [9.17, 15) is 0 Å². The van der Waals surface area contributed by atoms with Crippen molar-refractivity contribution in [3.8, 4) is 0 Å². The van der Waals surface area contributed by atoms with E-state index in [1.54, 1.807) is 6.20 Å². The van der Waals surface area contributed by atoms with Gasteiger partial charge in [-0.05, 0) is 48.3 Å². The number of aromatic amines is 1. The molecule has 3 aromatic rings. The van der Waals surface area contributed by atoms with E-state index in [0.717, 1.165) is 18.7 Å². The number of fused-ring (bicyclic) bond motifs is 1. The van der Waals surface area contributed by atoms with Gasteiger partial charge in [0.2, 0.25) is 0 Å². The number of hydrogen-bond donors (Lipinski definition) is 3. The van der Waals surface area contributed by atoms with Crippen LogP contribution in [0.3, 0.4) is 0 Å². The molecule has 150 valence electrons. The maximum Gasteiger partial charge on any atom is 0.167 e. The molecular formula is C23H27N5S. The lowest BCUT2D eigenvalue weighted by Crippen LogP contribution is -2.48. The zero-order valence-corrected chi connectivity index (χ0v) is 17.5. The second-order valence-corrected chi connectivity index (χ2v) is 8.03. The number of aromatic nitrogens is 2. The van der Waals surface area contributed by atoms with Gasteiger partial charge in [-0.3, -0.25) is 4.99 Å². The van der Waals surface area contributed by atoms with E-state index in [1.165, 1.54) is 29.2 Å². The second kappa shape index (κ2) is 9.18. The molecule has 0 radical (unpaired) electrons. The third kappa shape index (κ3) is 4.82. The molecule has 5 nitrogen and oxygen atoms in total. The minimum atomic E-state index is 0.120. The van der Waals surface area contributed by atoms with E-state index in [1.807, 2.05) is 12.4 Å². The molecule has 0 aliphatic heterocycles. The Morgan fingerprint density at radius 1 is 1.21 bits per heavy atom. The fourth-order valence-electron chi connectivity index (χ4n) is 4.09. The molecule has 1 fully saturated rings. The first-order valence-electron chi connectivity index (χ1n) is 10.3. The molecule has 0 spiro atoms. The summed E-state index contributed by atoms with van der Waals surface area (Å²) in [7, 11) is 0. The van der Waals surface area contributed by atoms with Gasteiger partial charge in [-0.1, -0.05) is 55.3 Å². The fraction of sp³-hybridized carbons (Fsp3) is 0.348. The smallest absolute Gasteiger partial charge is 0.167 e. The molecule has 3 atom stereocenters. The van der Waals surface area contributed by atoms with Crippen molar-refractivity contribution in [2.75, 3.05) is 0 Å². The van der Waals surface area contributed by atoms with Crippen molar-refractivity contribution in [2.45, 2.75) is 50.7 Å². The molecule has 1 aliphatic rings. The maximum absolute atomic E-state index is 5.66. The predicted octanol–water partition coefficient (Wildman–Crippen LogP) is 4.52. The highest BCUT2D eigenvalue weighted by Crippen LogP contribution is 2.25. The van der Waals surface area contributed by atoms with Crippen molar-refractivity contribution in [1.82, 2.24) is 20.6 Å². The highest BCUT2D eigenvalue weighted by atomic mass is 32.1. The lowest BCUT2D eigenvalue weighted by molar-refractivity contribution is 0.361. The van der Waals surface area contributed by atoms with Crippen LogP contribution in [0.5, 0.6) is 0 Å². The second-order valence-electron chi connectivity index (χ2n) is 7.62. The third-order valence-electron chi connectivity index (χ3n) is 5.59. The minimum absolute atomic E-state index is 0.120. The summed E-state index contributed by atoms with van der Waals surface area (Å²) in [6.07, 6.45) is 9.93. The monoisotopic (exact) mass is 405 g/mol. The quantitative estimate of drug-likeness (QED) is 0.431. The van der Waals surface area contributed by atoms with Crippen molar-refractivity contribution in [3.63, 3.8) is 0 Å². The van der Waals surface area contributed by atoms with Crippen LogP contribution in [0.4, 0.5) is 0 Å². The van der Waals surface area contributed by atoms with E-state index in [-0.39, 0.29) is 18.1 Å². The van der Waals surface area contributed by atoms with E-state index in [4.69, 9.17) is 17.2 Å². The number of aliphatic imine (C=N–C) groups is 1. The standard InChI is InChI=1S/C23H27N5S/c1-16(18-10-6-8-17-7-2-3-9-19(17)18)27-23(29)28-21-12-5-4-11-20(21)26-15-22-24-13-14-25-22/h2-3,6-10,13-16,20-21H,4-5,11-12H2,1H3,(H,24,25)(H2,27,28,29)/b26-15+/t16-,20-,21?/m0/s1. The van der Waals surface area contributed by atoms with Crippen LogP contribution < -0.4 is 10.6 Å². The molecule has 29 heavy (non-hydrogen) atoms. The van der Waals surface area contributed by atoms with Crippen LogP contribution in [0.25, 0.3) is 10.8 Å². The molecule has 0 bridgehead atoms. The molecule has 2 aromatic carbocycles. The normalized spacial score (nSPS) is 20.6. The molecule has 6 heteroatoms. The summed E-state index contributed by atoms with van der Waals surface area (Å²) in [6.45, 7) is 2.16. The Labute approximate surface area is 177 Å². The molecule has 1 unspecified atom stereocenters. The molecule has 1 saturated carbocycles. The molecular weight excluding hydrogens is 378 g/mol. The van der Waals surface area contributed by atoms with Gasteiger partial charge in [0, 0.05) is 12.4 Å². The fourth-order valence-corrected chi connectivity index (χ4v) is 4.41. The number of nitrogens with one attached hydrogen (secondary N) is 3. The Balaban J connectivity index is 1.41. The zero-order chi connectivity index (χ0) is 20.1. The Morgan fingerprint density at radius 3 is 2.90 bits per heavy atom. The van der Waals surface area contributed by atoms with E-state index < -0.39 is 0 Å². The average Bonchev–Trinajstić information content (AvgIpc) is 3.26. The average molecular weight is 406 g/mol. The number of rotatable bonds is 5. The first-order valence-corrected chi connectivity index (χ1v) is 10.7. The van der Waals surface area contributed by atoms with Crippen LogP contribution in [0, 0.1) is 0 Å². The highest BCUT2D eigenvalue weighted by molar-refractivity contribution is 7.80. The van der Waals surface area contributed by atoms with E-state index >= 15 is 0 Å². The van der Waals surface area contributed by atoms with Crippen molar-refractivity contribution >= 4 is 34.3 Å². The van der Waals surface area contributed by atoms with Gasteiger partial charge in [-0.2, -0.15) is 0 Å². The number of hydrogen-bond acceptors (Lipinski definition) is 3. The van der Waals surface area contributed by atoms with E-state index in [2.05, 4.69) is 70.0 Å². The summed E-state index contributed by atoms with van der Waals surface area (Å²) in [5.41, 5.74) is 1.25. The first kappa shape index (κ1) is 19.6. The molecule has 1 aliphatic carbocycles. The molecule has 3 N–H and O–H groups in total. The minimum Gasteiger partial charge on any atom is -0.358 e. The van der Waals surface area contributed by atoms with Gasteiger partial charge in [0.05, 0.1) is 24.3 Å². The van der Waals surface area contributed by atoms with Crippen molar-refractivity contribution in [1.29, 1.82) is 0 Å². The summed E-state index contributed by atoms with van der Waals surface area (Å²) < 4.78 is 0. The topological polar surface area (TPSA) is 65.1 Å².